The minimum absolute atomic E-state index is 0.104. The van der Waals surface area contributed by atoms with Crippen molar-refractivity contribution in [2.24, 2.45) is 23.7 Å². The van der Waals surface area contributed by atoms with Crippen LogP contribution < -0.4 is 0 Å². The maximum Gasteiger partial charge on any atom is 0.472 e. The first-order valence-electron chi connectivity index (χ1n) is 36.9. The Morgan fingerprint density at radius 3 is 0.733 bits per heavy atom. The minimum atomic E-state index is -4.95. The summed E-state index contributed by atoms with van der Waals surface area (Å²) in [4.78, 5) is 72.6. The van der Waals surface area contributed by atoms with Crippen molar-refractivity contribution in [3.8, 4) is 0 Å². The molecule has 0 fully saturated rings. The number of hydrogen-bond donors (Lipinski definition) is 3. The second kappa shape index (κ2) is 60.7. The number of aliphatic hydroxyl groups is 1. The zero-order valence-corrected chi connectivity index (χ0v) is 60.6. The molecule has 17 nitrogen and oxygen atoms in total. The highest BCUT2D eigenvalue weighted by atomic mass is 31.2. The van der Waals surface area contributed by atoms with E-state index in [1.165, 1.54) is 154 Å². The molecule has 3 N–H and O–H groups in total. The maximum absolute atomic E-state index is 13.0. The van der Waals surface area contributed by atoms with Crippen molar-refractivity contribution < 1.29 is 80.2 Å². The van der Waals surface area contributed by atoms with E-state index >= 15 is 0 Å². The normalized spacial score (nSPS) is 15.5. The molecule has 0 aliphatic rings. The summed E-state index contributed by atoms with van der Waals surface area (Å²) in [6.45, 7) is 14.2. The molecule has 19 heteroatoms. The Kier molecular flexibility index (Phi) is 59.4. The molecule has 6 unspecified atom stereocenters. The van der Waals surface area contributed by atoms with Gasteiger partial charge in [0.05, 0.1) is 26.4 Å². The lowest BCUT2D eigenvalue weighted by Gasteiger charge is -2.21. The Morgan fingerprint density at radius 2 is 0.500 bits per heavy atom. The van der Waals surface area contributed by atoms with Gasteiger partial charge < -0.3 is 33.8 Å². The first kappa shape index (κ1) is 88.1. The molecule has 0 aromatic heterocycles. The summed E-state index contributed by atoms with van der Waals surface area (Å²) < 4.78 is 68.4. The number of unbranched alkanes of at least 4 members (excludes halogenated alkanes) is 30. The number of esters is 4. The highest BCUT2D eigenvalue weighted by Gasteiger charge is 2.30. The van der Waals surface area contributed by atoms with Crippen molar-refractivity contribution in [2.45, 2.75) is 369 Å². The summed E-state index contributed by atoms with van der Waals surface area (Å²) >= 11 is 0. The molecule has 90 heavy (non-hydrogen) atoms. The van der Waals surface area contributed by atoms with E-state index in [9.17, 15) is 43.2 Å². The number of phosphoric ester groups is 2. The number of rotatable bonds is 68. The van der Waals surface area contributed by atoms with Gasteiger partial charge >= 0.3 is 39.5 Å². The topological polar surface area (TPSA) is 237 Å². The standard InChI is InChI=1S/C71H138O17P2/c1-9-61(5)47-39-31-23-15-13-14-16-29-37-45-53-70(75)87-66(57-81-68(73)51-43-35-27-20-17-24-32-40-48-62(6)10-2)59-85-89(77,78)83-55-65(72)56-84-90(79,80)86-60-67(88-71(76)54-46-38-30-22-19-26-34-42-50-64(8)12-4)58-82-69(74)52-44-36-28-21-18-25-33-41-49-63(7)11-3/h61-67,72H,9-60H2,1-8H3,(H,77,78)(H,79,80)/t61?,62?,63?,64?,65-,66-,67-/m1/s1. The van der Waals surface area contributed by atoms with Crippen LogP contribution in [0.3, 0.4) is 0 Å². The molecule has 0 saturated heterocycles. The number of ether oxygens (including phenoxy) is 4. The van der Waals surface area contributed by atoms with Crippen LogP contribution in [0.25, 0.3) is 0 Å². The first-order valence-corrected chi connectivity index (χ1v) is 39.8. The van der Waals surface area contributed by atoms with E-state index in [4.69, 9.17) is 37.0 Å². The molecule has 0 amide bonds. The Labute approximate surface area is 549 Å². The smallest absolute Gasteiger partial charge is 0.462 e. The van der Waals surface area contributed by atoms with Crippen molar-refractivity contribution in [1.29, 1.82) is 0 Å². The fourth-order valence-electron chi connectivity index (χ4n) is 10.5. The zero-order chi connectivity index (χ0) is 66.8. The van der Waals surface area contributed by atoms with Crippen LogP contribution in [-0.4, -0.2) is 96.7 Å². The fourth-order valence-corrected chi connectivity index (χ4v) is 12.1. The summed E-state index contributed by atoms with van der Waals surface area (Å²) in [7, 11) is -9.91. The van der Waals surface area contributed by atoms with Gasteiger partial charge in [-0.25, -0.2) is 9.13 Å². The van der Waals surface area contributed by atoms with Gasteiger partial charge in [0, 0.05) is 25.7 Å². The van der Waals surface area contributed by atoms with Crippen LogP contribution >= 0.6 is 15.6 Å². The van der Waals surface area contributed by atoms with E-state index in [0.717, 1.165) is 114 Å². The van der Waals surface area contributed by atoms with Crippen LogP contribution in [0.4, 0.5) is 0 Å². The first-order chi connectivity index (χ1) is 43.2. The lowest BCUT2D eigenvalue weighted by atomic mass is 9.99. The number of phosphoric acid groups is 2. The van der Waals surface area contributed by atoms with Gasteiger partial charge in [-0.05, 0) is 49.4 Å². The minimum Gasteiger partial charge on any atom is -0.462 e. The third-order valence-corrected chi connectivity index (χ3v) is 19.7. The monoisotopic (exact) mass is 1320 g/mol. The molecule has 0 heterocycles. The van der Waals surface area contributed by atoms with Gasteiger partial charge in [-0.2, -0.15) is 0 Å². The summed E-state index contributed by atoms with van der Waals surface area (Å²) in [5, 5.41) is 10.6. The molecule has 0 saturated carbocycles. The molecule has 0 rings (SSSR count). The Bertz CT molecular complexity index is 1790. The summed E-state index contributed by atoms with van der Waals surface area (Å²) in [5.74, 6) is 0.998. The van der Waals surface area contributed by atoms with Crippen LogP contribution in [-0.2, 0) is 65.4 Å². The molecule has 0 aliphatic heterocycles. The van der Waals surface area contributed by atoms with Crippen LogP contribution in [0.2, 0.25) is 0 Å². The van der Waals surface area contributed by atoms with E-state index in [0.29, 0.717) is 25.7 Å². The van der Waals surface area contributed by atoms with Gasteiger partial charge in [0.2, 0.25) is 0 Å². The van der Waals surface area contributed by atoms with Crippen molar-refractivity contribution in [3.05, 3.63) is 0 Å². The molecule has 0 bridgehead atoms. The highest BCUT2D eigenvalue weighted by Crippen LogP contribution is 2.45. The second-order valence-corrected chi connectivity index (χ2v) is 29.5. The predicted octanol–water partition coefficient (Wildman–Crippen LogP) is 20.1. The van der Waals surface area contributed by atoms with E-state index in [1.807, 2.05) is 0 Å². The van der Waals surface area contributed by atoms with E-state index in [2.05, 4.69) is 55.4 Å². The number of hydrogen-bond acceptors (Lipinski definition) is 15. The largest absolute Gasteiger partial charge is 0.472 e. The summed E-state index contributed by atoms with van der Waals surface area (Å²) in [5.41, 5.74) is 0. The molecular formula is C71H138O17P2. The lowest BCUT2D eigenvalue weighted by molar-refractivity contribution is -0.161. The third-order valence-electron chi connectivity index (χ3n) is 17.8. The Balaban J connectivity index is 5.29. The van der Waals surface area contributed by atoms with Crippen molar-refractivity contribution >= 4 is 39.5 Å². The van der Waals surface area contributed by atoms with Gasteiger partial charge in [0.1, 0.15) is 19.3 Å². The van der Waals surface area contributed by atoms with Crippen LogP contribution in [0.1, 0.15) is 351 Å². The van der Waals surface area contributed by atoms with E-state index in [-0.39, 0.29) is 25.7 Å². The fraction of sp³-hybridized carbons (Fsp3) is 0.944. The van der Waals surface area contributed by atoms with E-state index in [1.54, 1.807) is 0 Å². The van der Waals surface area contributed by atoms with Crippen molar-refractivity contribution in [3.63, 3.8) is 0 Å². The number of carbonyl (C=O) groups excluding carboxylic acids is 4. The van der Waals surface area contributed by atoms with Gasteiger partial charge in [0.15, 0.2) is 12.2 Å². The Hall–Kier alpha value is -1.94. The molecule has 534 valence electrons. The Morgan fingerprint density at radius 1 is 0.300 bits per heavy atom. The van der Waals surface area contributed by atoms with Gasteiger partial charge in [-0.3, -0.25) is 37.3 Å². The van der Waals surface area contributed by atoms with Crippen molar-refractivity contribution in [2.75, 3.05) is 39.6 Å². The predicted molar refractivity (Wildman–Crippen MR) is 363 cm³/mol. The maximum atomic E-state index is 13.0. The zero-order valence-electron chi connectivity index (χ0n) is 58.8. The number of carbonyl (C=O) groups is 4. The van der Waals surface area contributed by atoms with Crippen molar-refractivity contribution in [1.82, 2.24) is 0 Å². The van der Waals surface area contributed by atoms with Crippen LogP contribution in [0, 0.1) is 23.7 Å². The molecular weight excluding hydrogens is 1190 g/mol. The summed E-state index contributed by atoms with van der Waals surface area (Å²) in [6.07, 6.45) is 42.8. The molecule has 0 aromatic carbocycles. The van der Waals surface area contributed by atoms with Crippen LogP contribution in [0.5, 0.6) is 0 Å². The SMILES string of the molecule is CCC(C)CCCCCCCCCCCCC(=O)O[C@H](COC(=O)CCCCCCCCCCC(C)CC)COP(=O)(O)OC[C@@H](O)COP(=O)(O)OC[C@@H](COC(=O)CCCCCCCCCCC(C)CC)OC(=O)CCCCCCCCCCC(C)CC. The van der Waals surface area contributed by atoms with Gasteiger partial charge in [-0.15, -0.1) is 0 Å². The summed E-state index contributed by atoms with van der Waals surface area (Å²) in [6, 6.07) is 0. The molecule has 0 spiro atoms. The second-order valence-electron chi connectivity index (χ2n) is 26.6. The quantitative estimate of drug-likeness (QED) is 0.0222. The average molecular weight is 1330 g/mol. The average Bonchev–Trinajstić information content (AvgIpc) is 3.28. The van der Waals surface area contributed by atoms with E-state index < -0.39 is 97.5 Å². The molecule has 0 aliphatic carbocycles. The molecule has 9 atom stereocenters. The molecule has 0 radical (unpaired) electrons. The molecule has 0 aromatic rings. The van der Waals surface area contributed by atoms with Gasteiger partial charge in [-0.1, -0.05) is 299 Å². The third kappa shape index (κ3) is 59.8. The van der Waals surface area contributed by atoms with Crippen LogP contribution in [0.15, 0.2) is 0 Å². The highest BCUT2D eigenvalue weighted by molar-refractivity contribution is 7.47. The van der Waals surface area contributed by atoms with Gasteiger partial charge in [0.25, 0.3) is 0 Å². The lowest BCUT2D eigenvalue weighted by Crippen LogP contribution is -2.30. The number of aliphatic hydroxyl groups excluding tert-OH is 1.